The van der Waals surface area contributed by atoms with Crippen molar-refractivity contribution in [2.45, 2.75) is 64.7 Å². The summed E-state index contributed by atoms with van der Waals surface area (Å²) in [6.07, 6.45) is 13.4. The third-order valence-electron chi connectivity index (χ3n) is 7.68. The van der Waals surface area contributed by atoms with E-state index in [0.29, 0.717) is 11.8 Å². The molecule has 1 fully saturated rings. The van der Waals surface area contributed by atoms with Gasteiger partial charge in [0.1, 0.15) is 12.4 Å². The lowest BCUT2D eigenvalue weighted by molar-refractivity contribution is -0.133. The molecule has 5 nitrogen and oxygen atoms in total. The average Bonchev–Trinajstić information content (AvgIpc) is 2.86. The van der Waals surface area contributed by atoms with Crippen LogP contribution in [0.5, 0.6) is 5.75 Å². The lowest BCUT2D eigenvalue weighted by Gasteiger charge is -2.45. The lowest BCUT2D eigenvalue weighted by Crippen LogP contribution is -2.49. The fourth-order valence-corrected chi connectivity index (χ4v) is 5.58. The van der Waals surface area contributed by atoms with Gasteiger partial charge in [-0.15, -0.1) is 0 Å². The number of unbranched alkanes of at least 4 members (excludes halogenated alkanes) is 1. The Hall–Kier alpha value is -2.40. The monoisotopic (exact) mass is 463 g/mol. The predicted molar refractivity (Wildman–Crippen MR) is 137 cm³/mol. The van der Waals surface area contributed by atoms with Crippen LogP contribution >= 0.6 is 0 Å². The van der Waals surface area contributed by atoms with Gasteiger partial charge in [0.25, 0.3) is 0 Å². The molecular weight excluding hydrogens is 422 g/mol. The second kappa shape index (κ2) is 12.3. The van der Waals surface area contributed by atoms with E-state index < -0.39 is 0 Å². The fourth-order valence-electron chi connectivity index (χ4n) is 5.58. The highest BCUT2D eigenvalue weighted by Gasteiger charge is 2.37. The molecule has 2 aromatic rings. The number of nitrogens with zero attached hydrogens (tertiary/aromatic N) is 3. The molecule has 5 heteroatoms. The van der Waals surface area contributed by atoms with Crippen molar-refractivity contribution in [3.8, 4) is 5.75 Å². The number of amides is 1. The Labute approximate surface area is 205 Å². The molecule has 0 aliphatic carbocycles. The minimum Gasteiger partial charge on any atom is -0.492 e. The Morgan fingerprint density at radius 2 is 1.91 bits per heavy atom. The molecule has 1 saturated heterocycles. The topological polar surface area (TPSA) is 45.7 Å². The molecule has 4 rings (SSSR count). The van der Waals surface area contributed by atoms with Gasteiger partial charge < -0.3 is 9.64 Å². The van der Waals surface area contributed by atoms with E-state index in [1.807, 2.05) is 18.3 Å². The van der Waals surface area contributed by atoms with Gasteiger partial charge in [-0.25, -0.2) is 0 Å². The zero-order valence-corrected chi connectivity index (χ0v) is 20.9. The number of pyridine rings is 1. The molecule has 0 radical (unpaired) electrons. The van der Waals surface area contributed by atoms with Crippen LogP contribution in [0.4, 0.5) is 0 Å². The van der Waals surface area contributed by atoms with Crippen molar-refractivity contribution in [3.05, 3.63) is 59.9 Å². The molecular formula is C29H41N3O2. The maximum Gasteiger partial charge on any atom is 0.227 e. The number of aromatic nitrogens is 1. The van der Waals surface area contributed by atoms with Gasteiger partial charge in [-0.3, -0.25) is 14.7 Å². The lowest BCUT2D eigenvalue weighted by atomic mass is 9.73. The fraction of sp³-hybridized carbons (Fsp3) is 0.586. The number of aryl methyl sites for hydroxylation is 1. The van der Waals surface area contributed by atoms with Crippen LogP contribution in [-0.4, -0.2) is 60.0 Å². The SMILES string of the molecule is CCCCN1CCOc2ccccc2CCCCC2(CCN(C(=O)Cc3cccnc3)CC2)C1. The predicted octanol–water partition coefficient (Wildman–Crippen LogP) is 5.14. The largest absolute Gasteiger partial charge is 0.492 e. The van der Waals surface area contributed by atoms with Gasteiger partial charge in [-0.1, -0.05) is 44.0 Å². The first-order valence-electron chi connectivity index (χ1n) is 13.3. The number of carbonyl (C=O) groups is 1. The van der Waals surface area contributed by atoms with E-state index in [9.17, 15) is 4.79 Å². The van der Waals surface area contributed by atoms with Crippen LogP contribution in [0.15, 0.2) is 48.8 Å². The summed E-state index contributed by atoms with van der Waals surface area (Å²) in [5, 5.41) is 0. The summed E-state index contributed by atoms with van der Waals surface area (Å²) in [6, 6.07) is 12.5. The van der Waals surface area contributed by atoms with Gasteiger partial charge in [0.2, 0.25) is 5.91 Å². The summed E-state index contributed by atoms with van der Waals surface area (Å²) in [5.41, 5.74) is 2.65. The standard InChI is InChI=1S/C29H41N3O2/c1-2-3-17-31-20-21-34-27-12-5-4-10-26(27)11-6-7-13-29(24-31)14-18-32(19-15-29)28(33)22-25-9-8-16-30-23-25/h4-5,8-10,12,16,23H,2-3,6-7,11,13-15,17-22,24H2,1H3. The first-order chi connectivity index (χ1) is 16.7. The van der Waals surface area contributed by atoms with Crippen LogP contribution in [0.1, 0.15) is 63.0 Å². The van der Waals surface area contributed by atoms with Crippen molar-refractivity contribution in [2.24, 2.45) is 5.41 Å². The number of fused-ring (bicyclic) bond motifs is 1. The van der Waals surface area contributed by atoms with Crippen molar-refractivity contribution >= 4 is 5.91 Å². The third-order valence-corrected chi connectivity index (χ3v) is 7.68. The highest BCUT2D eigenvalue weighted by atomic mass is 16.5. The first kappa shape index (κ1) is 24.7. The van der Waals surface area contributed by atoms with Crippen molar-refractivity contribution in [3.63, 3.8) is 0 Å². The molecule has 1 spiro atoms. The van der Waals surface area contributed by atoms with E-state index in [-0.39, 0.29) is 5.91 Å². The van der Waals surface area contributed by atoms with Crippen LogP contribution in [-0.2, 0) is 17.6 Å². The Balaban J connectivity index is 1.41. The second-order valence-electron chi connectivity index (χ2n) is 10.2. The van der Waals surface area contributed by atoms with Crippen LogP contribution < -0.4 is 4.74 Å². The van der Waals surface area contributed by atoms with E-state index in [4.69, 9.17) is 4.74 Å². The third kappa shape index (κ3) is 6.82. The molecule has 0 N–H and O–H groups in total. The van der Waals surface area contributed by atoms with Crippen molar-refractivity contribution < 1.29 is 9.53 Å². The zero-order chi connectivity index (χ0) is 23.6. The molecule has 2 aliphatic rings. The summed E-state index contributed by atoms with van der Waals surface area (Å²) in [5.74, 6) is 1.30. The highest BCUT2D eigenvalue weighted by molar-refractivity contribution is 5.78. The van der Waals surface area contributed by atoms with Gasteiger partial charge in [0, 0.05) is 38.6 Å². The van der Waals surface area contributed by atoms with Gasteiger partial charge >= 0.3 is 0 Å². The Morgan fingerprint density at radius 1 is 1.06 bits per heavy atom. The molecule has 184 valence electrons. The molecule has 1 aromatic heterocycles. The van der Waals surface area contributed by atoms with Crippen molar-refractivity contribution in [1.29, 1.82) is 0 Å². The molecule has 1 aromatic carbocycles. The quantitative estimate of drug-likeness (QED) is 0.616. The number of piperidine rings is 1. The summed E-state index contributed by atoms with van der Waals surface area (Å²) < 4.78 is 6.25. The Bertz CT molecular complexity index is 893. The smallest absolute Gasteiger partial charge is 0.227 e. The summed E-state index contributed by atoms with van der Waals surface area (Å²) >= 11 is 0. The highest BCUT2D eigenvalue weighted by Crippen LogP contribution is 2.38. The number of hydrogen-bond acceptors (Lipinski definition) is 4. The normalized spacial score (nSPS) is 19.5. The average molecular weight is 464 g/mol. The maximum atomic E-state index is 12.9. The summed E-state index contributed by atoms with van der Waals surface area (Å²) in [6.45, 7) is 7.99. The molecule has 0 saturated carbocycles. The molecule has 3 heterocycles. The van der Waals surface area contributed by atoms with E-state index in [0.717, 1.165) is 69.9 Å². The summed E-state index contributed by atoms with van der Waals surface area (Å²) in [7, 11) is 0. The molecule has 0 atom stereocenters. The second-order valence-corrected chi connectivity index (χ2v) is 10.2. The van der Waals surface area contributed by atoms with Gasteiger partial charge in [-0.2, -0.15) is 0 Å². The molecule has 0 unspecified atom stereocenters. The number of likely N-dealkylation sites (tertiary alicyclic amines) is 1. The molecule has 2 aliphatic heterocycles. The minimum absolute atomic E-state index is 0.240. The zero-order valence-electron chi connectivity index (χ0n) is 20.9. The number of hydrogen-bond donors (Lipinski definition) is 0. The number of ether oxygens (including phenoxy) is 1. The van der Waals surface area contributed by atoms with Crippen LogP contribution in [0.2, 0.25) is 0 Å². The Morgan fingerprint density at radius 3 is 2.71 bits per heavy atom. The number of rotatable bonds is 5. The van der Waals surface area contributed by atoms with Crippen LogP contribution in [0, 0.1) is 5.41 Å². The molecule has 34 heavy (non-hydrogen) atoms. The van der Waals surface area contributed by atoms with E-state index >= 15 is 0 Å². The van der Waals surface area contributed by atoms with Gasteiger partial charge in [0.05, 0.1) is 6.42 Å². The van der Waals surface area contributed by atoms with Crippen LogP contribution in [0.3, 0.4) is 0 Å². The van der Waals surface area contributed by atoms with Gasteiger partial charge in [0.15, 0.2) is 0 Å². The van der Waals surface area contributed by atoms with E-state index in [2.05, 4.69) is 46.0 Å². The van der Waals surface area contributed by atoms with Gasteiger partial charge in [-0.05, 0) is 73.7 Å². The van der Waals surface area contributed by atoms with Crippen LogP contribution in [0.25, 0.3) is 0 Å². The Kier molecular flexibility index (Phi) is 8.97. The number of carbonyl (C=O) groups excluding carboxylic acids is 1. The molecule has 1 amide bonds. The van der Waals surface area contributed by atoms with E-state index in [1.54, 1.807) is 6.20 Å². The maximum absolute atomic E-state index is 12.9. The minimum atomic E-state index is 0.240. The summed E-state index contributed by atoms with van der Waals surface area (Å²) in [4.78, 5) is 21.8. The van der Waals surface area contributed by atoms with E-state index in [1.165, 1.54) is 37.7 Å². The van der Waals surface area contributed by atoms with Crippen molar-refractivity contribution in [1.82, 2.24) is 14.8 Å². The first-order valence-corrected chi connectivity index (χ1v) is 13.3. The van der Waals surface area contributed by atoms with Crippen molar-refractivity contribution in [2.75, 3.05) is 39.3 Å². The molecule has 0 bridgehead atoms. The number of para-hydroxylation sites is 1. The number of benzene rings is 1.